The fourth-order valence-electron chi connectivity index (χ4n) is 1.71. The zero-order valence-electron chi connectivity index (χ0n) is 9.32. The highest BCUT2D eigenvalue weighted by atomic mass is 16.5. The molecule has 1 aromatic heterocycles. The zero-order valence-corrected chi connectivity index (χ0v) is 9.32. The summed E-state index contributed by atoms with van der Waals surface area (Å²) < 4.78 is 0.975. The van der Waals surface area contributed by atoms with Crippen LogP contribution in [0.4, 0.5) is 0 Å². The van der Waals surface area contributed by atoms with Crippen molar-refractivity contribution in [3.63, 3.8) is 0 Å². The molecule has 0 unspecified atom stereocenters. The van der Waals surface area contributed by atoms with Crippen molar-refractivity contribution < 1.29 is 4.73 Å². The zero-order chi connectivity index (χ0) is 11.1. The smallest absolute Gasteiger partial charge is 0.198 e. The van der Waals surface area contributed by atoms with E-state index >= 15 is 0 Å². The second kappa shape index (κ2) is 3.23. The minimum atomic E-state index is -0.119. The third kappa shape index (κ3) is 1.80. The van der Waals surface area contributed by atoms with E-state index in [1.54, 1.807) is 6.20 Å². The van der Waals surface area contributed by atoms with Gasteiger partial charge in [-0.1, -0.05) is 39.0 Å². The van der Waals surface area contributed by atoms with Crippen LogP contribution in [-0.4, -0.2) is 0 Å². The first kappa shape index (κ1) is 9.97. The van der Waals surface area contributed by atoms with Gasteiger partial charge in [-0.05, 0) is 11.5 Å². The lowest BCUT2D eigenvalue weighted by molar-refractivity contribution is -0.616. The molecule has 0 amide bonds. The van der Waals surface area contributed by atoms with Crippen LogP contribution in [0.2, 0.25) is 0 Å². The van der Waals surface area contributed by atoms with E-state index in [-0.39, 0.29) is 5.41 Å². The molecule has 0 fully saturated rings. The molecule has 15 heavy (non-hydrogen) atoms. The molecule has 2 aromatic rings. The fraction of sp³-hybridized carbons (Fsp3) is 0.308. The van der Waals surface area contributed by atoms with Gasteiger partial charge < -0.3 is 5.21 Å². The van der Waals surface area contributed by atoms with Gasteiger partial charge >= 0.3 is 0 Å². The molecule has 2 heteroatoms. The van der Waals surface area contributed by atoms with E-state index in [1.165, 1.54) is 0 Å². The Hall–Kier alpha value is -1.57. The van der Waals surface area contributed by atoms with Gasteiger partial charge in [-0.25, -0.2) is 0 Å². The Kier molecular flexibility index (Phi) is 2.14. The van der Waals surface area contributed by atoms with E-state index < -0.39 is 0 Å². The van der Waals surface area contributed by atoms with Gasteiger partial charge in [-0.15, -0.1) is 0 Å². The summed E-state index contributed by atoms with van der Waals surface area (Å²) in [5.41, 5.74) is 0.687. The SMILES string of the molecule is CC(C)(C)c1cc2ccccc2c[n+]1[O-]. The van der Waals surface area contributed by atoms with Crippen molar-refractivity contribution in [1.82, 2.24) is 0 Å². The highest BCUT2D eigenvalue weighted by Crippen LogP contribution is 2.22. The highest BCUT2D eigenvalue weighted by Gasteiger charge is 2.23. The maximum absolute atomic E-state index is 11.8. The van der Waals surface area contributed by atoms with E-state index in [4.69, 9.17) is 0 Å². The van der Waals surface area contributed by atoms with Crippen molar-refractivity contribution >= 4 is 10.8 Å². The largest absolute Gasteiger partial charge is 0.618 e. The Labute approximate surface area is 89.8 Å². The summed E-state index contributed by atoms with van der Waals surface area (Å²) in [6.45, 7) is 6.14. The van der Waals surface area contributed by atoms with Crippen LogP contribution in [0.5, 0.6) is 0 Å². The van der Waals surface area contributed by atoms with E-state index in [9.17, 15) is 5.21 Å². The number of pyridine rings is 1. The molecule has 0 saturated heterocycles. The van der Waals surface area contributed by atoms with Gasteiger partial charge in [0.1, 0.15) is 0 Å². The van der Waals surface area contributed by atoms with Crippen LogP contribution in [0.15, 0.2) is 36.5 Å². The van der Waals surface area contributed by atoms with Gasteiger partial charge in [0.2, 0.25) is 0 Å². The van der Waals surface area contributed by atoms with Crippen molar-refractivity contribution in [2.45, 2.75) is 26.2 Å². The number of aromatic nitrogens is 1. The number of hydrogen-bond donors (Lipinski definition) is 0. The molecular formula is C13H15NO. The molecule has 0 aliphatic rings. The molecule has 0 radical (unpaired) electrons. The van der Waals surface area contributed by atoms with Crippen molar-refractivity contribution in [2.24, 2.45) is 0 Å². The van der Waals surface area contributed by atoms with E-state index in [2.05, 4.69) is 0 Å². The predicted molar refractivity (Wildman–Crippen MR) is 61.6 cm³/mol. The van der Waals surface area contributed by atoms with E-state index in [0.29, 0.717) is 0 Å². The van der Waals surface area contributed by atoms with Gasteiger partial charge in [0.05, 0.1) is 0 Å². The maximum atomic E-state index is 11.8. The second-order valence-corrected chi connectivity index (χ2v) is 4.86. The third-order valence-corrected chi connectivity index (χ3v) is 2.55. The predicted octanol–water partition coefficient (Wildman–Crippen LogP) is 2.77. The Morgan fingerprint density at radius 3 is 2.27 bits per heavy atom. The standard InChI is InChI=1S/C13H15NO/c1-13(2,3)12-8-10-6-4-5-7-11(10)9-14(12)15/h4-9H,1-3H3. The average Bonchev–Trinajstić information content (AvgIpc) is 2.15. The molecular weight excluding hydrogens is 186 g/mol. The Morgan fingerprint density at radius 1 is 1.07 bits per heavy atom. The van der Waals surface area contributed by atoms with Crippen LogP contribution in [0.1, 0.15) is 26.5 Å². The average molecular weight is 201 g/mol. The summed E-state index contributed by atoms with van der Waals surface area (Å²) in [7, 11) is 0. The number of fused-ring (bicyclic) bond motifs is 1. The maximum Gasteiger partial charge on any atom is 0.198 e. The summed E-state index contributed by atoms with van der Waals surface area (Å²) in [6, 6.07) is 9.89. The van der Waals surface area contributed by atoms with Crippen molar-refractivity contribution in [3.8, 4) is 0 Å². The molecule has 0 spiro atoms. The lowest BCUT2D eigenvalue weighted by Crippen LogP contribution is -2.37. The third-order valence-electron chi connectivity index (χ3n) is 2.55. The fourth-order valence-corrected chi connectivity index (χ4v) is 1.71. The molecule has 78 valence electrons. The lowest BCUT2D eigenvalue weighted by Gasteiger charge is -2.17. The van der Waals surface area contributed by atoms with Crippen LogP contribution in [-0.2, 0) is 5.41 Å². The summed E-state index contributed by atoms with van der Waals surface area (Å²) in [4.78, 5) is 0. The Morgan fingerprint density at radius 2 is 1.67 bits per heavy atom. The number of nitrogens with zero attached hydrogens (tertiary/aromatic N) is 1. The summed E-state index contributed by atoms with van der Waals surface area (Å²) in [6.07, 6.45) is 1.65. The molecule has 0 N–H and O–H groups in total. The number of benzene rings is 1. The van der Waals surface area contributed by atoms with Crippen LogP contribution >= 0.6 is 0 Å². The first-order chi connectivity index (χ1) is 6.98. The molecule has 2 nitrogen and oxygen atoms in total. The minimum absolute atomic E-state index is 0.119. The molecule has 0 bridgehead atoms. The molecule has 1 heterocycles. The van der Waals surface area contributed by atoms with Crippen LogP contribution in [0, 0.1) is 5.21 Å². The summed E-state index contributed by atoms with van der Waals surface area (Å²) in [5.74, 6) is 0. The Balaban J connectivity index is 2.73. The van der Waals surface area contributed by atoms with Crippen LogP contribution in [0.25, 0.3) is 10.8 Å². The van der Waals surface area contributed by atoms with E-state index in [0.717, 1.165) is 21.2 Å². The van der Waals surface area contributed by atoms with Crippen LogP contribution < -0.4 is 4.73 Å². The first-order valence-corrected chi connectivity index (χ1v) is 5.11. The van der Waals surface area contributed by atoms with Crippen LogP contribution in [0.3, 0.4) is 0 Å². The first-order valence-electron chi connectivity index (χ1n) is 5.11. The summed E-state index contributed by atoms with van der Waals surface area (Å²) >= 11 is 0. The molecule has 1 aromatic carbocycles. The quantitative estimate of drug-likeness (QED) is 0.475. The second-order valence-electron chi connectivity index (χ2n) is 4.86. The van der Waals surface area contributed by atoms with Gasteiger partial charge in [0.15, 0.2) is 11.9 Å². The van der Waals surface area contributed by atoms with Gasteiger partial charge in [0.25, 0.3) is 0 Å². The van der Waals surface area contributed by atoms with Gasteiger partial charge in [-0.3, -0.25) is 0 Å². The molecule has 0 aliphatic carbocycles. The normalized spacial score (nSPS) is 11.9. The lowest BCUT2D eigenvalue weighted by atomic mass is 9.90. The number of hydrogen-bond acceptors (Lipinski definition) is 1. The number of rotatable bonds is 0. The van der Waals surface area contributed by atoms with Crippen molar-refractivity contribution in [1.29, 1.82) is 0 Å². The van der Waals surface area contributed by atoms with E-state index in [1.807, 2.05) is 51.1 Å². The van der Waals surface area contributed by atoms with Gasteiger partial charge in [0, 0.05) is 16.9 Å². The minimum Gasteiger partial charge on any atom is -0.618 e. The van der Waals surface area contributed by atoms with Crippen molar-refractivity contribution in [3.05, 3.63) is 47.4 Å². The van der Waals surface area contributed by atoms with Gasteiger partial charge in [-0.2, -0.15) is 4.73 Å². The monoisotopic (exact) mass is 201 g/mol. The summed E-state index contributed by atoms with van der Waals surface area (Å²) in [5, 5.41) is 13.9. The highest BCUT2D eigenvalue weighted by molar-refractivity contribution is 5.81. The molecule has 0 saturated carbocycles. The molecule has 2 rings (SSSR count). The Bertz CT molecular complexity index is 497. The molecule has 0 atom stereocenters. The molecule has 0 aliphatic heterocycles. The van der Waals surface area contributed by atoms with Crippen molar-refractivity contribution in [2.75, 3.05) is 0 Å². The topological polar surface area (TPSA) is 26.9 Å².